The Bertz CT molecular complexity index is 401. The van der Waals surface area contributed by atoms with Crippen molar-refractivity contribution in [1.29, 1.82) is 0 Å². The lowest BCUT2D eigenvalue weighted by molar-refractivity contribution is 0.0398. The molecular weight excluding hydrogens is 276 g/mol. The summed E-state index contributed by atoms with van der Waals surface area (Å²) in [6.07, 6.45) is 7.94. The molecule has 0 saturated heterocycles. The van der Waals surface area contributed by atoms with Gasteiger partial charge in [0.2, 0.25) is 0 Å². The minimum Gasteiger partial charge on any atom is -0.329 e. The van der Waals surface area contributed by atoms with Crippen molar-refractivity contribution in [2.45, 2.75) is 77.4 Å². The van der Waals surface area contributed by atoms with Gasteiger partial charge < -0.3 is 5.73 Å². The highest BCUT2D eigenvalue weighted by molar-refractivity contribution is 7.09. The van der Waals surface area contributed by atoms with Crippen molar-refractivity contribution >= 4 is 11.3 Å². The second kappa shape index (κ2) is 7.75. The van der Waals surface area contributed by atoms with Crippen LogP contribution in [0.2, 0.25) is 0 Å². The molecule has 1 fully saturated rings. The minimum absolute atomic E-state index is 0.210. The van der Waals surface area contributed by atoms with Crippen LogP contribution in [-0.4, -0.2) is 23.0 Å². The average Bonchev–Trinajstić information content (AvgIpc) is 2.90. The Balaban J connectivity index is 2.17. The molecule has 0 bridgehead atoms. The standard InChI is InChI=1S/C18H32N2S/c1-4-16-7-5-10-18(14-19,11-9-16)20(15(2)3)13-17-8-6-12-21-17/h6,8,12,15-16H,4-5,7,9-11,13-14,19H2,1-3H3. The Morgan fingerprint density at radius 3 is 2.76 bits per heavy atom. The molecule has 2 unspecified atom stereocenters. The van der Waals surface area contributed by atoms with Gasteiger partial charge in [-0.15, -0.1) is 11.3 Å². The Morgan fingerprint density at radius 1 is 1.38 bits per heavy atom. The number of hydrogen-bond acceptors (Lipinski definition) is 3. The van der Waals surface area contributed by atoms with Gasteiger partial charge in [0.1, 0.15) is 0 Å². The smallest absolute Gasteiger partial charge is 0.0338 e. The Kier molecular flexibility index (Phi) is 6.27. The van der Waals surface area contributed by atoms with Crippen LogP contribution in [0.25, 0.3) is 0 Å². The summed E-state index contributed by atoms with van der Waals surface area (Å²) in [6.45, 7) is 8.85. The number of thiophene rings is 1. The molecule has 0 radical (unpaired) electrons. The molecular formula is C18H32N2S. The van der Waals surface area contributed by atoms with Gasteiger partial charge in [0.15, 0.2) is 0 Å². The van der Waals surface area contributed by atoms with E-state index >= 15 is 0 Å². The van der Waals surface area contributed by atoms with Crippen molar-refractivity contribution in [2.75, 3.05) is 6.54 Å². The molecule has 3 heteroatoms. The summed E-state index contributed by atoms with van der Waals surface area (Å²) in [7, 11) is 0. The predicted molar refractivity (Wildman–Crippen MR) is 93.6 cm³/mol. The zero-order valence-electron chi connectivity index (χ0n) is 14.0. The van der Waals surface area contributed by atoms with Gasteiger partial charge in [-0.1, -0.05) is 32.3 Å². The molecule has 2 atom stereocenters. The second-order valence-electron chi connectivity index (χ2n) is 6.93. The predicted octanol–water partition coefficient (Wildman–Crippen LogP) is 4.65. The first-order chi connectivity index (χ1) is 10.1. The summed E-state index contributed by atoms with van der Waals surface area (Å²) in [4.78, 5) is 4.16. The summed E-state index contributed by atoms with van der Waals surface area (Å²) in [5.74, 6) is 0.911. The summed E-state index contributed by atoms with van der Waals surface area (Å²) in [6, 6.07) is 4.97. The van der Waals surface area contributed by atoms with Crippen molar-refractivity contribution in [3.63, 3.8) is 0 Å². The topological polar surface area (TPSA) is 29.3 Å². The summed E-state index contributed by atoms with van der Waals surface area (Å²) < 4.78 is 0. The number of rotatable bonds is 6. The molecule has 0 aromatic carbocycles. The SMILES string of the molecule is CCC1CCCC(CN)(N(Cc2cccs2)C(C)C)CC1. The van der Waals surface area contributed by atoms with Crippen molar-refractivity contribution < 1.29 is 0 Å². The Morgan fingerprint density at radius 2 is 2.19 bits per heavy atom. The van der Waals surface area contributed by atoms with Crippen molar-refractivity contribution in [3.05, 3.63) is 22.4 Å². The van der Waals surface area contributed by atoms with Crippen molar-refractivity contribution in [3.8, 4) is 0 Å². The molecule has 21 heavy (non-hydrogen) atoms. The highest BCUT2D eigenvalue weighted by Gasteiger charge is 2.38. The molecule has 0 amide bonds. The lowest BCUT2D eigenvalue weighted by atomic mass is 9.86. The minimum atomic E-state index is 0.210. The molecule has 1 saturated carbocycles. The maximum absolute atomic E-state index is 6.32. The maximum atomic E-state index is 6.32. The maximum Gasteiger partial charge on any atom is 0.0338 e. The molecule has 1 aromatic heterocycles. The van der Waals surface area contributed by atoms with Crippen LogP contribution in [0.4, 0.5) is 0 Å². The average molecular weight is 309 g/mol. The highest BCUT2D eigenvalue weighted by atomic mass is 32.1. The van der Waals surface area contributed by atoms with E-state index in [1.165, 1.54) is 43.4 Å². The molecule has 1 aromatic rings. The van der Waals surface area contributed by atoms with Crippen LogP contribution in [0.15, 0.2) is 17.5 Å². The van der Waals surface area contributed by atoms with E-state index in [4.69, 9.17) is 5.73 Å². The quantitative estimate of drug-likeness (QED) is 0.775. The van der Waals surface area contributed by atoms with Gasteiger partial charge >= 0.3 is 0 Å². The number of nitrogens with two attached hydrogens (primary N) is 1. The fourth-order valence-corrected chi connectivity index (χ4v) is 4.65. The van der Waals surface area contributed by atoms with E-state index in [2.05, 4.69) is 43.2 Å². The van der Waals surface area contributed by atoms with Crippen LogP contribution >= 0.6 is 11.3 Å². The van der Waals surface area contributed by atoms with Crippen LogP contribution in [-0.2, 0) is 6.54 Å². The highest BCUT2D eigenvalue weighted by Crippen LogP contribution is 2.37. The molecule has 0 spiro atoms. The zero-order chi connectivity index (χ0) is 15.3. The van der Waals surface area contributed by atoms with Crippen LogP contribution in [0.1, 0.15) is 64.2 Å². The Labute approximate surface area is 134 Å². The summed E-state index contributed by atoms with van der Waals surface area (Å²) in [5, 5.41) is 2.18. The van der Waals surface area contributed by atoms with Gasteiger partial charge in [-0.25, -0.2) is 0 Å². The fourth-order valence-electron chi connectivity index (χ4n) is 3.95. The largest absolute Gasteiger partial charge is 0.329 e. The van der Waals surface area contributed by atoms with Gasteiger partial charge in [-0.3, -0.25) is 4.90 Å². The molecule has 1 aliphatic rings. The lowest BCUT2D eigenvalue weighted by Crippen LogP contribution is -2.55. The normalized spacial score (nSPS) is 27.2. The zero-order valence-corrected chi connectivity index (χ0v) is 14.8. The third-order valence-electron chi connectivity index (χ3n) is 5.37. The summed E-state index contributed by atoms with van der Waals surface area (Å²) in [5.41, 5.74) is 6.53. The van der Waals surface area contributed by atoms with E-state index < -0.39 is 0 Å². The van der Waals surface area contributed by atoms with Crippen LogP contribution in [0, 0.1) is 5.92 Å². The molecule has 1 heterocycles. The second-order valence-corrected chi connectivity index (χ2v) is 7.97. The third kappa shape index (κ3) is 4.08. The van der Waals surface area contributed by atoms with Gasteiger partial charge in [-0.2, -0.15) is 0 Å². The van der Waals surface area contributed by atoms with Gasteiger partial charge in [0.05, 0.1) is 0 Å². The van der Waals surface area contributed by atoms with Gasteiger partial charge in [0, 0.05) is 29.5 Å². The van der Waals surface area contributed by atoms with Crippen LogP contribution in [0.3, 0.4) is 0 Å². The number of nitrogens with zero attached hydrogens (tertiary/aromatic N) is 1. The van der Waals surface area contributed by atoms with E-state index in [0.717, 1.165) is 19.0 Å². The molecule has 0 aliphatic heterocycles. The number of hydrogen-bond donors (Lipinski definition) is 1. The van der Waals surface area contributed by atoms with E-state index in [-0.39, 0.29) is 5.54 Å². The fraction of sp³-hybridized carbons (Fsp3) is 0.778. The van der Waals surface area contributed by atoms with E-state index in [0.29, 0.717) is 6.04 Å². The van der Waals surface area contributed by atoms with E-state index in [1.807, 2.05) is 11.3 Å². The van der Waals surface area contributed by atoms with Crippen molar-refractivity contribution in [2.24, 2.45) is 11.7 Å². The van der Waals surface area contributed by atoms with E-state index in [9.17, 15) is 0 Å². The van der Waals surface area contributed by atoms with Crippen molar-refractivity contribution in [1.82, 2.24) is 4.90 Å². The van der Waals surface area contributed by atoms with E-state index in [1.54, 1.807) is 0 Å². The first-order valence-corrected chi connectivity index (χ1v) is 9.48. The molecule has 2 nitrogen and oxygen atoms in total. The molecule has 1 aliphatic carbocycles. The van der Waals surface area contributed by atoms with Gasteiger partial charge in [0.25, 0.3) is 0 Å². The first kappa shape index (κ1) is 17.0. The molecule has 2 rings (SSSR count). The molecule has 120 valence electrons. The van der Waals surface area contributed by atoms with Crippen LogP contribution < -0.4 is 5.73 Å². The van der Waals surface area contributed by atoms with Gasteiger partial charge in [-0.05, 0) is 50.5 Å². The van der Waals surface area contributed by atoms with Crippen LogP contribution in [0.5, 0.6) is 0 Å². The first-order valence-electron chi connectivity index (χ1n) is 8.60. The monoisotopic (exact) mass is 308 g/mol. The lowest BCUT2D eigenvalue weighted by Gasteiger charge is -2.46. The Hall–Kier alpha value is -0.380. The summed E-state index contributed by atoms with van der Waals surface area (Å²) >= 11 is 1.87. The molecule has 2 N–H and O–H groups in total. The third-order valence-corrected chi connectivity index (χ3v) is 6.23.